The second kappa shape index (κ2) is 5.41. The number of sulfonamides is 1. The molecule has 0 amide bonds. The largest absolute Gasteiger partial charge is 0.467 e. The molecule has 0 atom stereocenters. The molecule has 0 radical (unpaired) electrons. The van der Waals surface area contributed by atoms with Crippen LogP contribution in [0.1, 0.15) is 5.56 Å². The Morgan fingerprint density at radius 2 is 1.90 bits per heavy atom. The van der Waals surface area contributed by atoms with Crippen molar-refractivity contribution >= 4 is 15.7 Å². The van der Waals surface area contributed by atoms with Gasteiger partial charge in [-0.25, -0.2) is 22.8 Å². The van der Waals surface area contributed by atoms with Gasteiger partial charge in [0.25, 0.3) is 10.0 Å². The molecule has 8 heteroatoms. The van der Waals surface area contributed by atoms with Crippen LogP contribution in [0.5, 0.6) is 6.01 Å². The smallest absolute Gasteiger partial charge is 0.316 e. The first-order valence-corrected chi connectivity index (χ1v) is 7.06. The highest BCUT2D eigenvalue weighted by molar-refractivity contribution is 7.92. The Hall–Kier alpha value is -2.22. The summed E-state index contributed by atoms with van der Waals surface area (Å²) in [5, 5.41) is 0. The fourth-order valence-electron chi connectivity index (χ4n) is 1.60. The van der Waals surface area contributed by atoms with Crippen LogP contribution in [0.4, 0.5) is 10.1 Å². The van der Waals surface area contributed by atoms with Crippen molar-refractivity contribution in [3.8, 4) is 6.01 Å². The number of benzene rings is 1. The van der Waals surface area contributed by atoms with Crippen LogP contribution < -0.4 is 9.46 Å². The standard InChI is InChI=1S/C12H12FN3O3S/c1-8-5-9(13)3-4-11(8)20(17,18)16-10-6-14-12(19-2)15-7-10/h3-7,16H,1-2H3. The average Bonchev–Trinajstić information content (AvgIpc) is 2.38. The van der Waals surface area contributed by atoms with E-state index in [0.29, 0.717) is 5.56 Å². The zero-order chi connectivity index (χ0) is 14.8. The number of hydrogen-bond acceptors (Lipinski definition) is 5. The number of nitrogens with zero attached hydrogens (tertiary/aromatic N) is 2. The number of ether oxygens (including phenoxy) is 1. The predicted octanol–water partition coefficient (Wildman–Crippen LogP) is 1.73. The zero-order valence-electron chi connectivity index (χ0n) is 10.8. The fraction of sp³-hybridized carbons (Fsp3) is 0.167. The van der Waals surface area contributed by atoms with E-state index in [0.717, 1.165) is 12.1 Å². The van der Waals surface area contributed by atoms with Crippen molar-refractivity contribution in [3.63, 3.8) is 0 Å². The van der Waals surface area contributed by atoms with Crippen LogP contribution in [0.25, 0.3) is 0 Å². The predicted molar refractivity (Wildman–Crippen MR) is 70.5 cm³/mol. The van der Waals surface area contributed by atoms with Crippen LogP contribution >= 0.6 is 0 Å². The SMILES string of the molecule is COc1ncc(NS(=O)(=O)c2ccc(F)cc2C)cn1. The molecule has 0 unspecified atom stereocenters. The normalized spacial score (nSPS) is 11.2. The van der Waals surface area contributed by atoms with E-state index in [2.05, 4.69) is 14.7 Å². The minimum atomic E-state index is -3.82. The second-order valence-electron chi connectivity index (χ2n) is 3.97. The minimum Gasteiger partial charge on any atom is -0.467 e. The Morgan fingerprint density at radius 3 is 2.45 bits per heavy atom. The number of aryl methyl sites for hydroxylation is 1. The maximum atomic E-state index is 13.0. The monoisotopic (exact) mass is 297 g/mol. The van der Waals surface area contributed by atoms with Crippen molar-refractivity contribution in [1.82, 2.24) is 9.97 Å². The zero-order valence-corrected chi connectivity index (χ0v) is 11.6. The van der Waals surface area contributed by atoms with Gasteiger partial charge in [0.05, 0.1) is 30.1 Å². The van der Waals surface area contributed by atoms with Gasteiger partial charge in [0.1, 0.15) is 5.82 Å². The molecule has 0 aliphatic rings. The number of halogens is 1. The van der Waals surface area contributed by atoms with Gasteiger partial charge in [-0.2, -0.15) is 0 Å². The summed E-state index contributed by atoms with van der Waals surface area (Å²) in [6.45, 7) is 1.52. The number of anilines is 1. The summed E-state index contributed by atoms with van der Waals surface area (Å²) < 4.78 is 44.4. The van der Waals surface area contributed by atoms with Gasteiger partial charge >= 0.3 is 6.01 Å². The summed E-state index contributed by atoms with van der Waals surface area (Å²) >= 11 is 0. The highest BCUT2D eigenvalue weighted by Crippen LogP contribution is 2.19. The number of aromatic nitrogens is 2. The van der Waals surface area contributed by atoms with Gasteiger partial charge in [-0.05, 0) is 30.7 Å². The van der Waals surface area contributed by atoms with Crippen molar-refractivity contribution < 1.29 is 17.5 Å². The molecule has 6 nitrogen and oxygen atoms in total. The van der Waals surface area contributed by atoms with E-state index < -0.39 is 15.8 Å². The van der Waals surface area contributed by atoms with Crippen LogP contribution in [-0.4, -0.2) is 25.5 Å². The first-order valence-electron chi connectivity index (χ1n) is 5.57. The number of nitrogens with one attached hydrogen (secondary N) is 1. The van der Waals surface area contributed by atoms with Gasteiger partial charge in [-0.15, -0.1) is 0 Å². The molecule has 1 N–H and O–H groups in total. The lowest BCUT2D eigenvalue weighted by molar-refractivity contribution is 0.380. The van der Waals surface area contributed by atoms with Crippen LogP contribution in [0.2, 0.25) is 0 Å². The van der Waals surface area contributed by atoms with E-state index in [1.807, 2.05) is 0 Å². The number of hydrogen-bond donors (Lipinski definition) is 1. The van der Waals surface area contributed by atoms with Crippen molar-refractivity contribution in [1.29, 1.82) is 0 Å². The van der Waals surface area contributed by atoms with Crippen LogP contribution in [0, 0.1) is 12.7 Å². The van der Waals surface area contributed by atoms with Crippen LogP contribution in [0.15, 0.2) is 35.5 Å². The maximum absolute atomic E-state index is 13.0. The van der Waals surface area contributed by atoms with E-state index in [-0.39, 0.29) is 16.6 Å². The van der Waals surface area contributed by atoms with Crippen molar-refractivity contribution in [2.45, 2.75) is 11.8 Å². The molecule has 0 bridgehead atoms. The molecule has 1 heterocycles. The quantitative estimate of drug-likeness (QED) is 0.929. The van der Waals surface area contributed by atoms with Gasteiger partial charge < -0.3 is 4.74 Å². The van der Waals surface area contributed by atoms with Crippen LogP contribution in [0.3, 0.4) is 0 Å². The Balaban J connectivity index is 2.30. The summed E-state index contributed by atoms with van der Waals surface area (Å²) in [7, 11) is -2.41. The molecule has 0 aliphatic carbocycles. The van der Waals surface area contributed by atoms with Crippen molar-refractivity contribution in [2.24, 2.45) is 0 Å². The molecule has 0 aliphatic heterocycles. The molecule has 1 aromatic heterocycles. The Morgan fingerprint density at radius 1 is 1.25 bits per heavy atom. The second-order valence-corrected chi connectivity index (χ2v) is 5.62. The van der Waals surface area contributed by atoms with E-state index in [1.165, 1.54) is 32.5 Å². The van der Waals surface area contributed by atoms with Gasteiger partial charge in [0.15, 0.2) is 0 Å². The van der Waals surface area contributed by atoms with E-state index >= 15 is 0 Å². The first kappa shape index (κ1) is 14.2. The molecule has 0 saturated heterocycles. The third kappa shape index (κ3) is 3.02. The summed E-state index contributed by atoms with van der Waals surface area (Å²) in [6, 6.07) is 3.58. The Labute approximate surface area is 115 Å². The van der Waals surface area contributed by atoms with Gasteiger partial charge in [-0.3, -0.25) is 4.72 Å². The maximum Gasteiger partial charge on any atom is 0.316 e. The molecule has 1 aromatic carbocycles. The molecule has 106 valence electrons. The third-order valence-corrected chi connectivity index (χ3v) is 4.03. The summed E-state index contributed by atoms with van der Waals surface area (Å²) in [4.78, 5) is 7.58. The van der Waals surface area contributed by atoms with E-state index in [4.69, 9.17) is 4.74 Å². The Kier molecular flexibility index (Phi) is 3.84. The summed E-state index contributed by atoms with van der Waals surface area (Å²) in [5.74, 6) is -0.491. The van der Waals surface area contributed by atoms with E-state index in [1.54, 1.807) is 0 Å². The molecule has 2 rings (SSSR count). The highest BCUT2D eigenvalue weighted by atomic mass is 32.2. The molecule has 0 saturated carbocycles. The van der Waals surface area contributed by atoms with Gasteiger partial charge in [-0.1, -0.05) is 0 Å². The minimum absolute atomic E-state index is 0.00489. The summed E-state index contributed by atoms with van der Waals surface area (Å²) in [6.07, 6.45) is 2.56. The fourth-order valence-corrected chi connectivity index (χ4v) is 2.85. The highest BCUT2D eigenvalue weighted by Gasteiger charge is 2.17. The molecule has 0 spiro atoms. The molecular formula is C12H12FN3O3S. The number of methoxy groups -OCH3 is 1. The Bertz CT molecular complexity index is 717. The lowest BCUT2D eigenvalue weighted by atomic mass is 10.2. The molecular weight excluding hydrogens is 285 g/mol. The molecule has 0 fully saturated rings. The lowest BCUT2D eigenvalue weighted by Gasteiger charge is -2.10. The topological polar surface area (TPSA) is 81.2 Å². The molecule has 2 aromatic rings. The third-order valence-electron chi connectivity index (χ3n) is 2.49. The van der Waals surface area contributed by atoms with Crippen molar-refractivity contribution in [2.75, 3.05) is 11.8 Å². The van der Waals surface area contributed by atoms with Gasteiger partial charge in [0.2, 0.25) is 0 Å². The van der Waals surface area contributed by atoms with Gasteiger partial charge in [0, 0.05) is 0 Å². The van der Waals surface area contributed by atoms with E-state index in [9.17, 15) is 12.8 Å². The number of rotatable bonds is 4. The van der Waals surface area contributed by atoms with Crippen molar-refractivity contribution in [3.05, 3.63) is 42.0 Å². The first-order chi connectivity index (χ1) is 9.42. The summed E-state index contributed by atoms with van der Waals surface area (Å²) in [5.41, 5.74) is 0.501. The molecule has 20 heavy (non-hydrogen) atoms. The lowest BCUT2D eigenvalue weighted by Crippen LogP contribution is -2.14. The van der Waals surface area contributed by atoms with Crippen LogP contribution in [-0.2, 0) is 10.0 Å². The average molecular weight is 297 g/mol.